The largest absolute Gasteiger partial charge is 0.306 e. The number of aryl methyl sites for hydroxylation is 6. The van der Waals surface area contributed by atoms with Crippen molar-refractivity contribution in [1.82, 2.24) is 43.6 Å². The number of benzene rings is 4. The number of hydrogen-bond donors (Lipinski definition) is 0. The minimum atomic E-state index is 0.191. The average molecular weight is 782 g/mol. The molecule has 0 N–H and O–H groups in total. The van der Waals surface area contributed by atoms with E-state index in [-0.39, 0.29) is 11.8 Å². The van der Waals surface area contributed by atoms with Crippen LogP contribution in [0.5, 0.6) is 0 Å². The third-order valence-electron chi connectivity index (χ3n) is 10.7. The second kappa shape index (κ2) is 17.7. The fourth-order valence-electron chi connectivity index (χ4n) is 7.44. The van der Waals surface area contributed by atoms with Crippen LogP contribution in [-0.2, 0) is 21.1 Å². The standard InChI is InChI=1S/C25H28N5.C24H25N5/c1-18-15-21(11-13-23(18)30-16-19(2)26-17-30)12-14-24-28(4)25(27-29(24)5)20(3)22-9-7-6-8-10-22;1-17-14-20(10-12-22(17)29-15-18(2)25-16-29)11-13-23-26-24(28(4)27-23)19(3)21-8-6-5-7-9-21/h6-17,20H,1-5H3;5-16,19H,1-4H3/q+1;/b;13-11+. The van der Waals surface area contributed by atoms with Gasteiger partial charge in [0.25, 0.3) is 11.6 Å². The van der Waals surface area contributed by atoms with E-state index in [1.165, 1.54) is 22.3 Å². The van der Waals surface area contributed by atoms with E-state index in [9.17, 15) is 0 Å². The second-order valence-electron chi connectivity index (χ2n) is 15.2. The molecule has 59 heavy (non-hydrogen) atoms. The zero-order chi connectivity index (χ0) is 41.6. The van der Waals surface area contributed by atoms with Crippen molar-refractivity contribution in [3.05, 3.63) is 190 Å². The molecule has 0 spiro atoms. The van der Waals surface area contributed by atoms with Gasteiger partial charge in [0.1, 0.15) is 5.82 Å². The first-order chi connectivity index (χ1) is 28.4. The molecule has 2 unspecified atom stereocenters. The summed E-state index contributed by atoms with van der Waals surface area (Å²) in [5.74, 6) is 4.20. The Hall–Kier alpha value is -6.94. The van der Waals surface area contributed by atoms with Crippen molar-refractivity contribution in [1.29, 1.82) is 0 Å². The molecule has 0 aliphatic heterocycles. The van der Waals surface area contributed by atoms with Gasteiger partial charge in [-0.05, 0) is 104 Å². The Morgan fingerprint density at radius 2 is 1.08 bits per heavy atom. The van der Waals surface area contributed by atoms with Crippen molar-refractivity contribution in [2.24, 2.45) is 21.1 Å². The van der Waals surface area contributed by atoms with Gasteiger partial charge in [-0.25, -0.2) is 19.5 Å². The highest BCUT2D eigenvalue weighted by Crippen LogP contribution is 2.24. The third-order valence-corrected chi connectivity index (χ3v) is 10.7. The molecule has 0 radical (unpaired) electrons. The van der Waals surface area contributed by atoms with Gasteiger partial charge in [-0.2, -0.15) is 5.10 Å². The lowest BCUT2D eigenvalue weighted by Gasteiger charge is -2.10. The number of hydrogen-bond acceptors (Lipinski definition) is 5. The van der Waals surface area contributed by atoms with E-state index in [0.29, 0.717) is 0 Å². The van der Waals surface area contributed by atoms with E-state index < -0.39 is 0 Å². The lowest BCUT2D eigenvalue weighted by molar-refractivity contribution is -0.682. The predicted molar refractivity (Wildman–Crippen MR) is 237 cm³/mol. The highest BCUT2D eigenvalue weighted by Gasteiger charge is 2.25. The van der Waals surface area contributed by atoms with E-state index in [2.05, 4.69) is 167 Å². The van der Waals surface area contributed by atoms with Gasteiger partial charge in [-0.15, -0.1) is 4.68 Å². The summed E-state index contributed by atoms with van der Waals surface area (Å²) in [5, 5.41) is 9.36. The summed E-state index contributed by atoms with van der Waals surface area (Å²) in [7, 11) is 6.03. The summed E-state index contributed by atoms with van der Waals surface area (Å²) < 4.78 is 10.1. The number of nitrogens with zero attached hydrogens (tertiary/aromatic N) is 10. The summed E-state index contributed by atoms with van der Waals surface area (Å²) in [5.41, 5.74) is 11.5. The Bertz CT molecular complexity index is 2730. The third kappa shape index (κ3) is 9.28. The van der Waals surface area contributed by atoms with Gasteiger partial charge in [0.2, 0.25) is 0 Å². The minimum absolute atomic E-state index is 0.191. The molecule has 10 nitrogen and oxygen atoms in total. The minimum Gasteiger partial charge on any atom is -0.306 e. The molecule has 0 bridgehead atoms. The Balaban J connectivity index is 0.000000179. The van der Waals surface area contributed by atoms with Crippen LogP contribution in [0.2, 0.25) is 0 Å². The Morgan fingerprint density at radius 3 is 1.58 bits per heavy atom. The number of aromatic nitrogens is 10. The van der Waals surface area contributed by atoms with Crippen LogP contribution >= 0.6 is 0 Å². The maximum Gasteiger partial charge on any atom is 0.284 e. The number of rotatable bonds is 10. The van der Waals surface area contributed by atoms with Crippen molar-refractivity contribution in [2.45, 2.75) is 53.4 Å². The molecule has 4 aromatic heterocycles. The van der Waals surface area contributed by atoms with Gasteiger partial charge in [0.05, 0.1) is 44.1 Å². The maximum atomic E-state index is 4.79. The van der Waals surface area contributed by atoms with Gasteiger partial charge in [0, 0.05) is 47.9 Å². The molecule has 0 fully saturated rings. The monoisotopic (exact) mass is 781 g/mol. The first-order valence-electron chi connectivity index (χ1n) is 20.0. The molecule has 0 aliphatic rings. The van der Waals surface area contributed by atoms with Crippen LogP contribution in [0.25, 0.3) is 35.7 Å². The highest BCUT2D eigenvalue weighted by atomic mass is 15.4. The van der Waals surface area contributed by atoms with Crippen molar-refractivity contribution >= 4 is 24.3 Å². The first-order valence-corrected chi connectivity index (χ1v) is 20.0. The SMILES string of the molecule is Cc1cn(-c2ccc(/C=C/c3n(C)nc(C(C)c4ccccc4)[n+]3C)cc2C)cn1.Cc1cn(-c2ccc(/C=C/c3nc(C(C)c4ccccc4)n(C)n3)cc2C)cn1. The van der Waals surface area contributed by atoms with E-state index in [4.69, 9.17) is 10.1 Å². The van der Waals surface area contributed by atoms with Crippen molar-refractivity contribution in [3.8, 4) is 11.4 Å². The molecule has 10 heteroatoms. The summed E-state index contributed by atoms with van der Waals surface area (Å²) in [6.07, 6.45) is 16.1. The fourth-order valence-corrected chi connectivity index (χ4v) is 7.44. The predicted octanol–water partition coefficient (Wildman–Crippen LogP) is 9.31. The molecule has 8 rings (SSSR count). The van der Waals surface area contributed by atoms with Gasteiger partial charge in [-0.1, -0.05) is 85.8 Å². The lowest BCUT2D eigenvalue weighted by Crippen LogP contribution is -2.36. The summed E-state index contributed by atoms with van der Waals surface area (Å²) >= 11 is 0. The molecular weight excluding hydrogens is 729 g/mol. The molecule has 4 heterocycles. The Labute approximate surface area is 347 Å². The van der Waals surface area contributed by atoms with Gasteiger partial charge in [0.15, 0.2) is 5.82 Å². The fraction of sp³-hybridized carbons (Fsp3) is 0.224. The summed E-state index contributed by atoms with van der Waals surface area (Å²) in [6.45, 7) is 12.6. The van der Waals surface area contributed by atoms with Crippen LogP contribution in [0.1, 0.15) is 93.7 Å². The quantitative estimate of drug-likeness (QED) is 0.129. The molecule has 0 aliphatic carbocycles. The van der Waals surface area contributed by atoms with E-state index in [1.54, 1.807) is 0 Å². The summed E-state index contributed by atoms with van der Waals surface area (Å²) in [4.78, 5) is 13.4. The Morgan fingerprint density at radius 1 is 0.576 bits per heavy atom. The lowest BCUT2D eigenvalue weighted by atomic mass is 10.0. The van der Waals surface area contributed by atoms with E-state index in [1.807, 2.05) is 80.6 Å². The summed E-state index contributed by atoms with van der Waals surface area (Å²) in [6, 6.07) is 33.8. The van der Waals surface area contributed by atoms with Crippen LogP contribution in [0, 0.1) is 27.7 Å². The van der Waals surface area contributed by atoms with Crippen molar-refractivity contribution in [3.63, 3.8) is 0 Å². The van der Waals surface area contributed by atoms with Crippen molar-refractivity contribution < 1.29 is 4.57 Å². The van der Waals surface area contributed by atoms with Gasteiger partial charge < -0.3 is 9.13 Å². The Kier molecular flexibility index (Phi) is 12.1. The smallest absolute Gasteiger partial charge is 0.284 e. The highest BCUT2D eigenvalue weighted by molar-refractivity contribution is 5.68. The molecule has 2 atom stereocenters. The first kappa shape index (κ1) is 40.3. The topological polar surface area (TPSA) is 88.0 Å². The van der Waals surface area contributed by atoms with E-state index in [0.717, 1.165) is 57.2 Å². The molecule has 0 saturated heterocycles. The maximum absolute atomic E-state index is 4.79. The van der Waals surface area contributed by atoms with E-state index >= 15 is 0 Å². The van der Waals surface area contributed by atoms with Gasteiger partial charge in [-0.3, -0.25) is 4.68 Å². The zero-order valence-corrected chi connectivity index (χ0v) is 35.5. The van der Waals surface area contributed by atoms with Crippen LogP contribution in [-0.4, -0.2) is 43.6 Å². The van der Waals surface area contributed by atoms with Crippen LogP contribution in [0.15, 0.2) is 122 Å². The number of imidazole rings is 2. The molecule has 4 aromatic carbocycles. The molecule has 0 saturated carbocycles. The van der Waals surface area contributed by atoms with Crippen LogP contribution < -0.4 is 4.57 Å². The molecule has 298 valence electrons. The van der Waals surface area contributed by atoms with Crippen LogP contribution in [0.4, 0.5) is 0 Å². The molecule has 8 aromatic rings. The van der Waals surface area contributed by atoms with Gasteiger partial charge >= 0.3 is 0 Å². The average Bonchev–Trinajstić information content (AvgIpc) is 4.03. The normalized spacial score (nSPS) is 12.6. The molecular formula is C49H53N10+. The van der Waals surface area contributed by atoms with Crippen LogP contribution in [0.3, 0.4) is 0 Å². The zero-order valence-electron chi connectivity index (χ0n) is 35.5. The van der Waals surface area contributed by atoms with Crippen molar-refractivity contribution in [2.75, 3.05) is 0 Å². The molecule has 0 amide bonds. The second-order valence-corrected chi connectivity index (χ2v) is 15.2.